The second kappa shape index (κ2) is 4.48. The highest BCUT2D eigenvalue weighted by Gasteiger charge is 2.21. The van der Waals surface area contributed by atoms with Gasteiger partial charge in [-0.1, -0.05) is 34.1 Å². The number of carbonyl (C=O) groups is 1. The Kier molecular flexibility index (Phi) is 4.29. The zero-order valence-corrected chi connectivity index (χ0v) is 8.68. The van der Waals surface area contributed by atoms with Crippen molar-refractivity contribution in [2.45, 2.75) is 47.0 Å². The fourth-order valence-corrected chi connectivity index (χ4v) is 1.43. The molecule has 0 fully saturated rings. The molecule has 1 atom stereocenters. The zero-order valence-electron chi connectivity index (χ0n) is 8.68. The average Bonchev–Trinajstić information content (AvgIpc) is 1.83. The van der Waals surface area contributed by atoms with Crippen LogP contribution >= 0.6 is 0 Å². The van der Waals surface area contributed by atoms with Crippen molar-refractivity contribution in [3.8, 4) is 0 Å². The van der Waals surface area contributed by atoms with E-state index >= 15 is 0 Å². The quantitative estimate of drug-likeness (QED) is 0.693. The Bertz CT molecular complexity index is 146. The van der Waals surface area contributed by atoms with E-state index in [9.17, 15) is 4.79 Å². The molecule has 0 heterocycles. The van der Waals surface area contributed by atoms with Crippen molar-refractivity contribution in [3.05, 3.63) is 0 Å². The van der Waals surface area contributed by atoms with Gasteiger partial charge in [0.05, 0.1) is 0 Å². The molecule has 0 aliphatic rings. The molecule has 1 unspecified atom stereocenters. The van der Waals surface area contributed by atoms with E-state index in [2.05, 4.69) is 27.7 Å². The summed E-state index contributed by atoms with van der Waals surface area (Å²) in [6.45, 7) is 8.49. The Labute approximate surface area is 75.5 Å². The zero-order chi connectivity index (χ0) is 9.78. The molecule has 2 N–H and O–H groups in total. The maximum absolute atomic E-state index is 11.0. The van der Waals surface area contributed by atoms with E-state index in [4.69, 9.17) is 5.73 Å². The van der Waals surface area contributed by atoms with Crippen LogP contribution in [0.1, 0.15) is 47.0 Å². The van der Waals surface area contributed by atoms with Gasteiger partial charge in [0.25, 0.3) is 0 Å². The number of rotatable bonds is 4. The van der Waals surface area contributed by atoms with Crippen LogP contribution in [0.5, 0.6) is 0 Å². The molecule has 2 heteroatoms. The molecule has 72 valence electrons. The molecule has 0 rings (SSSR count). The summed E-state index contributed by atoms with van der Waals surface area (Å²) in [6, 6.07) is 0. The third kappa shape index (κ3) is 5.16. The van der Waals surface area contributed by atoms with Gasteiger partial charge in [0.2, 0.25) is 5.91 Å². The first-order valence-corrected chi connectivity index (χ1v) is 4.66. The van der Waals surface area contributed by atoms with Crippen LogP contribution in [0.25, 0.3) is 0 Å². The number of carbonyl (C=O) groups excluding carboxylic acids is 1. The molecule has 1 amide bonds. The summed E-state index contributed by atoms with van der Waals surface area (Å²) in [5, 5.41) is 0. The Morgan fingerprint density at radius 3 is 2.17 bits per heavy atom. The van der Waals surface area contributed by atoms with Gasteiger partial charge in [-0.15, -0.1) is 0 Å². The number of nitrogens with two attached hydrogens (primary N) is 1. The highest BCUT2D eigenvalue weighted by molar-refractivity contribution is 5.76. The third-order valence-corrected chi connectivity index (χ3v) is 1.90. The van der Waals surface area contributed by atoms with E-state index in [0.717, 1.165) is 19.3 Å². The minimum absolute atomic E-state index is 0.0648. The monoisotopic (exact) mass is 171 g/mol. The van der Waals surface area contributed by atoms with E-state index in [1.165, 1.54) is 0 Å². The van der Waals surface area contributed by atoms with Crippen molar-refractivity contribution in [1.82, 2.24) is 0 Å². The predicted octanol–water partition coefficient (Wildman–Crippen LogP) is 2.32. The van der Waals surface area contributed by atoms with Crippen molar-refractivity contribution in [2.24, 2.45) is 17.1 Å². The van der Waals surface area contributed by atoms with Crippen LogP contribution < -0.4 is 5.73 Å². The Morgan fingerprint density at radius 1 is 1.42 bits per heavy atom. The van der Waals surface area contributed by atoms with Crippen LogP contribution in [0.15, 0.2) is 0 Å². The van der Waals surface area contributed by atoms with E-state index in [0.29, 0.717) is 0 Å². The Balaban J connectivity index is 4.05. The fraction of sp³-hybridized carbons (Fsp3) is 0.900. The average molecular weight is 171 g/mol. The molecule has 0 saturated carbocycles. The summed E-state index contributed by atoms with van der Waals surface area (Å²) < 4.78 is 0. The summed E-state index contributed by atoms with van der Waals surface area (Å²) in [7, 11) is 0. The highest BCUT2D eigenvalue weighted by Crippen LogP contribution is 2.26. The maximum atomic E-state index is 11.0. The van der Waals surface area contributed by atoms with E-state index < -0.39 is 0 Å². The molecule has 0 spiro atoms. The molecule has 0 aliphatic heterocycles. The molecule has 0 saturated heterocycles. The van der Waals surface area contributed by atoms with Crippen molar-refractivity contribution in [3.63, 3.8) is 0 Å². The third-order valence-electron chi connectivity index (χ3n) is 1.90. The van der Waals surface area contributed by atoms with E-state index in [-0.39, 0.29) is 17.2 Å². The molecule has 0 aliphatic carbocycles. The van der Waals surface area contributed by atoms with Gasteiger partial charge in [-0.05, 0) is 18.3 Å². The summed E-state index contributed by atoms with van der Waals surface area (Å²) in [5.41, 5.74) is 5.49. The van der Waals surface area contributed by atoms with Gasteiger partial charge >= 0.3 is 0 Å². The van der Waals surface area contributed by atoms with E-state index in [1.54, 1.807) is 0 Å². The van der Waals surface area contributed by atoms with Gasteiger partial charge < -0.3 is 5.73 Å². The van der Waals surface area contributed by atoms with Gasteiger partial charge in [0.1, 0.15) is 0 Å². The summed E-state index contributed by atoms with van der Waals surface area (Å²) in [6.07, 6.45) is 2.85. The van der Waals surface area contributed by atoms with E-state index in [1.807, 2.05) is 0 Å². The fourth-order valence-electron chi connectivity index (χ4n) is 1.43. The lowest BCUT2D eigenvalue weighted by atomic mass is 9.82. The van der Waals surface area contributed by atoms with Crippen molar-refractivity contribution in [2.75, 3.05) is 0 Å². The first-order valence-electron chi connectivity index (χ1n) is 4.66. The number of hydrogen-bond acceptors (Lipinski definition) is 1. The van der Waals surface area contributed by atoms with Crippen LogP contribution in [0, 0.1) is 11.3 Å². The lowest BCUT2D eigenvalue weighted by Crippen LogP contribution is -2.27. The van der Waals surface area contributed by atoms with Gasteiger partial charge in [-0.25, -0.2) is 0 Å². The van der Waals surface area contributed by atoms with Gasteiger partial charge in [0, 0.05) is 5.92 Å². The molecule has 0 radical (unpaired) electrons. The highest BCUT2D eigenvalue weighted by atomic mass is 16.1. The largest absolute Gasteiger partial charge is 0.369 e. The molecule has 2 nitrogen and oxygen atoms in total. The standard InChI is InChI=1S/C10H21NO/c1-5-6-8(9(11)12)7-10(2,3)4/h8H,5-7H2,1-4H3,(H2,11,12). The first-order chi connectivity index (χ1) is 5.37. The molecular formula is C10H21NO. The van der Waals surface area contributed by atoms with Gasteiger partial charge in [-0.3, -0.25) is 4.79 Å². The minimum Gasteiger partial charge on any atom is -0.369 e. The normalized spacial score (nSPS) is 14.3. The molecule has 0 aromatic carbocycles. The Morgan fingerprint density at radius 2 is 1.92 bits per heavy atom. The lowest BCUT2D eigenvalue weighted by molar-refractivity contribution is -0.122. The van der Waals surface area contributed by atoms with Crippen LogP contribution in [-0.2, 0) is 4.79 Å². The SMILES string of the molecule is CCCC(CC(C)(C)C)C(N)=O. The molecule has 0 bridgehead atoms. The second-order valence-corrected chi connectivity index (χ2v) is 4.65. The van der Waals surface area contributed by atoms with Crippen molar-refractivity contribution in [1.29, 1.82) is 0 Å². The summed E-state index contributed by atoms with van der Waals surface area (Å²) in [5.74, 6) is -0.0817. The first kappa shape index (κ1) is 11.5. The van der Waals surface area contributed by atoms with Crippen LogP contribution in [0.2, 0.25) is 0 Å². The minimum atomic E-state index is -0.147. The predicted molar refractivity (Wildman–Crippen MR) is 51.7 cm³/mol. The molecule has 12 heavy (non-hydrogen) atoms. The molecule has 0 aromatic heterocycles. The topological polar surface area (TPSA) is 43.1 Å². The van der Waals surface area contributed by atoms with Crippen molar-refractivity contribution < 1.29 is 4.79 Å². The number of amides is 1. The Hall–Kier alpha value is -0.530. The van der Waals surface area contributed by atoms with Crippen LogP contribution in [-0.4, -0.2) is 5.91 Å². The summed E-state index contributed by atoms with van der Waals surface area (Å²) >= 11 is 0. The number of hydrogen-bond donors (Lipinski definition) is 1. The molecule has 0 aromatic rings. The lowest BCUT2D eigenvalue weighted by Gasteiger charge is -2.23. The van der Waals surface area contributed by atoms with Gasteiger partial charge in [0.15, 0.2) is 0 Å². The second-order valence-electron chi connectivity index (χ2n) is 4.65. The smallest absolute Gasteiger partial charge is 0.220 e. The maximum Gasteiger partial charge on any atom is 0.220 e. The molecular weight excluding hydrogens is 150 g/mol. The van der Waals surface area contributed by atoms with Crippen molar-refractivity contribution >= 4 is 5.91 Å². The summed E-state index contributed by atoms with van der Waals surface area (Å²) in [4.78, 5) is 11.0. The van der Waals surface area contributed by atoms with Crippen LogP contribution in [0.3, 0.4) is 0 Å². The number of primary amides is 1. The van der Waals surface area contributed by atoms with Crippen LogP contribution in [0.4, 0.5) is 0 Å². The van der Waals surface area contributed by atoms with Gasteiger partial charge in [-0.2, -0.15) is 0 Å².